The van der Waals surface area contributed by atoms with Gasteiger partial charge in [-0.3, -0.25) is 9.36 Å². The van der Waals surface area contributed by atoms with Crippen molar-refractivity contribution in [3.8, 4) is 33.8 Å². The molecule has 8 aromatic heterocycles. The number of ether oxygens (including phenoxy) is 2. The Morgan fingerprint density at radius 3 is 1.44 bits per heavy atom. The van der Waals surface area contributed by atoms with E-state index in [-0.39, 0.29) is 17.7 Å². The quantitative estimate of drug-likeness (QED) is 0.104. The number of hydrogen-bond donors (Lipinski definition) is 3. The molecule has 17 nitrogen and oxygen atoms in total. The summed E-state index contributed by atoms with van der Waals surface area (Å²) in [6.45, 7) is 11.0. The Morgan fingerprint density at radius 1 is 0.610 bits per heavy atom. The molecule has 0 bridgehead atoms. The van der Waals surface area contributed by atoms with Crippen LogP contribution in [0.5, 0.6) is 11.5 Å². The molecule has 4 N–H and O–H groups in total. The van der Waals surface area contributed by atoms with Crippen molar-refractivity contribution in [3.05, 3.63) is 99.0 Å². The molecule has 0 radical (unpaired) electrons. The molecule has 0 saturated carbocycles. The summed E-state index contributed by atoms with van der Waals surface area (Å²) in [6, 6.07) is 7.70. The maximum atomic E-state index is 13.5. The highest BCUT2D eigenvalue weighted by molar-refractivity contribution is 8.75. The van der Waals surface area contributed by atoms with Crippen molar-refractivity contribution < 1.29 is 44.9 Å². The van der Waals surface area contributed by atoms with Gasteiger partial charge in [-0.2, -0.15) is 36.5 Å². The predicted molar refractivity (Wildman–Crippen MR) is 340 cm³/mol. The van der Waals surface area contributed by atoms with Gasteiger partial charge in [0.2, 0.25) is 0 Å². The highest BCUT2D eigenvalue weighted by Gasteiger charge is 2.38. The molecule has 0 unspecified atom stereocenters. The second-order valence-corrected chi connectivity index (χ2v) is 36.6. The molecular weight excluding hydrogens is 1350 g/mol. The van der Waals surface area contributed by atoms with E-state index in [1.807, 2.05) is 58.9 Å². The minimum Gasteiger partial charge on any atom is -0.496 e. The molecule has 37 heteroatoms. The standard InChI is InChI=1S/C23H21F3N6O2.C17H15ClN4O2.C5H6F3N3.S13/c1-10-19(11(2)34-31-10)15-7-16-14(8-18(15)33-5)20-17(27-12(3)28-22(20)29-16)6-13-9-32(4)30-21(13)23(24,25)26;1-7-14(8(2)24-22-7)11-5-12-10(6-13(11)23-4)15-16(18)19-9(3)20-17(15)21-12;1-11-2-3(9)4(10-11)5(6,7)8;1-3-5-7-9-11-13-12-10-8-6-4-2/h7-9H,6H2,1-5H3,(H,27,28,29);5-6H,1-4H3,(H,19,20,21);2H,9H2,1H3;. The number of anilines is 1. The van der Waals surface area contributed by atoms with Crippen LogP contribution in [0, 0.1) is 41.5 Å². The number of nitrogens with one attached hydrogen (secondary N) is 2. The molecule has 0 saturated heterocycles. The van der Waals surface area contributed by atoms with Crippen LogP contribution in [0.1, 0.15) is 57.2 Å². The monoisotopic (exact) mass is 1390 g/mol. The minimum absolute atomic E-state index is 0.0445. The highest BCUT2D eigenvalue weighted by Crippen LogP contribution is 2.43. The number of methoxy groups -OCH3 is 2. The Hall–Kier alpha value is -4.83. The lowest BCUT2D eigenvalue weighted by Crippen LogP contribution is -2.10. The second kappa shape index (κ2) is 28.4. The van der Waals surface area contributed by atoms with Crippen molar-refractivity contribution in [3.63, 3.8) is 0 Å². The Balaban J connectivity index is 0.000000174. The number of fused-ring (bicyclic) bond motifs is 6. The number of aromatic amines is 2. The predicted octanol–water partition coefficient (Wildman–Crippen LogP) is 10.4. The largest absolute Gasteiger partial charge is 0.496 e. The summed E-state index contributed by atoms with van der Waals surface area (Å²) in [5.74, 6) is 3.76. The SMILES string of the molecule is COc1cc2c(cc1-c1c(C)noc1C)[nH]c1nc(C)nc(Cc3cn(C)nc3C(F)(F)F)c12.COc1cc2c(cc1-c1c(C)noc1C)[nH]c1nc(C)nc(Cl)c12.Cn1cc(N)c(C(F)(F)F)n1.S=S=S=S=S=S=S=S=S=S=S=S=S. The molecule has 10 rings (SSSR count). The van der Waals surface area contributed by atoms with Crippen LogP contribution in [0.15, 0.2) is 45.7 Å². The van der Waals surface area contributed by atoms with E-state index in [0.717, 1.165) is 87.9 Å². The number of nitrogens with two attached hydrogens (primary N) is 1. The summed E-state index contributed by atoms with van der Waals surface area (Å²) in [5.41, 5.74) is 11.1. The third kappa shape index (κ3) is 15.5. The van der Waals surface area contributed by atoms with Gasteiger partial charge in [0.05, 0.1) is 53.5 Å². The number of nitrogens with zero attached hydrogens (tertiary/aromatic N) is 10. The topological polar surface area (TPSA) is 215 Å². The molecule has 0 aliphatic rings. The van der Waals surface area contributed by atoms with Crippen molar-refractivity contribution in [1.82, 2.24) is 59.8 Å². The average molecular weight is 1400 g/mol. The first-order valence-electron chi connectivity index (χ1n) is 22.7. The fraction of sp³-hybridized carbons (Fsp3) is 0.289. The maximum absolute atomic E-state index is 13.5. The van der Waals surface area contributed by atoms with Crippen LogP contribution in [0.25, 0.3) is 66.1 Å². The zero-order valence-electron chi connectivity index (χ0n) is 43.8. The first kappa shape index (κ1) is 64.7. The van der Waals surface area contributed by atoms with E-state index in [9.17, 15) is 26.3 Å². The molecule has 2 aromatic carbocycles. The number of rotatable bonds is 6. The Morgan fingerprint density at radius 2 is 1.04 bits per heavy atom. The van der Waals surface area contributed by atoms with Crippen LogP contribution < -0.4 is 15.2 Å². The van der Waals surface area contributed by atoms with Crippen LogP contribution in [0.3, 0.4) is 0 Å². The molecule has 82 heavy (non-hydrogen) atoms. The molecule has 0 spiro atoms. The average Bonchev–Trinajstić information content (AvgIpc) is 2.76. The number of aryl methyl sites for hydroxylation is 8. The zero-order chi connectivity index (χ0) is 59.8. The smallest absolute Gasteiger partial charge is 0.437 e. The number of hydrogen-bond acceptors (Lipinski definition) is 15. The number of benzene rings is 2. The molecule has 10 aromatic rings. The van der Waals surface area contributed by atoms with E-state index in [2.05, 4.69) is 50.4 Å². The first-order valence-corrected chi connectivity index (χ1v) is 39.1. The van der Waals surface area contributed by atoms with E-state index < -0.39 is 23.7 Å². The van der Waals surface area contributed by atoms with E-state index >= 15 is 0 Å². The van der Waals surface area contributed by atoms with Crippen molar-refractivity contribution >= 4 is 181 Å². The Bertz CT molecular complexity index is 4510. The summed E-state index contributed by atoms with van der Waals surface area (Å²) >= 11 is 15.7. The van der Waals surface area contributed by atoms with Gasteiger partial charge < -0.3 is 34.2 Å². The molecule has 8 heterocycles. The van der Waals surface area contributed by atoms with Crippen LogP contribution in [0.2, 0.25) is 5.15 Å². The van der Waals surface area contributed by atoms with Crippen LogP contribution in [-0.2, 0) is 153 Å². The summed E-state index contributed by atoms with van der Waals surface area (Å²) < 4.78 is 100. The molecular formula is C45H42ClF6N13O4S13. The fourth-order valence-corrected chi connectivity index (χ4v) is 33.4. The Kier molecular flexibility index (Phi) is 22.4. The molecule has 0 atom stereocenters. The van der Waals surface area contributed by atoms with E-state index in [1.165, 1.54) is 38.1 Å². The van der Waals surface area contributed by atoms with Crippen LogP contribution >= 0.6 is 11.6 Å². The van der Waals surface area contributed by atoms with Gasteiger partial charge in [0, 0.05) is 197 Å². The minimum atomic E-state index is -4.57. The van der Waals surface area contributed by atoms with Gasteiger partial charge in [-0.25, -0.2) is 19.9 Å². The van der Waals surface area contributed by atoms with E-state index in [0.29, 0.717) is 50.7 Å². The second-order valence-electron chi connectivity index (χ2n) is 16.8. The number of alkyl halides is 6. The third-order valence-corrected chi connectivity index (χ3v) is 33.8. The highest BCUT2D eigenvalue weighted by atomic mass is 35.5. The van der Waals surface area contributed by atoms with Gasteiger partial charge in [-0.1, -0.05) is 21.9 Å². The molecule has 0 aliphatic heterocycles. The molecule has 0 fully saturated rings. The number of nitrogen functional groups attached to an aromatic ring is 1. The molecule has 0 aliphatic carbocycles. The Labute approximate surface area is 508 Å². The summed E-state index contributed by atoms with van der Waals surface area (Å²) in [5, 5.41) is 18.4. The van der Waals surface area contributed by atoms with Crippen molar-refractivity contribution in [2.24, 2.45) is 14.1 Å². The van der Waals surface area contributed by atoms with Crippen molar-refractivity contribution in [2.45, 2.75) is 60.3 Å². The molecule has 0 amide bonds. The van der Waals surface area contributed by atoms with Crippen LogP contribution in [-0.4, -0.2) is 74.0 Å². The van der Waals surface area contributed by atoms with Gasteiger partial charge in [0.25, 0.3) is 0 Å². The van der Waals surface area contributed by atoms with Gasteiger partial charge in [0.15, 0.2) is 11.4 Å². The lowest BCUT2D eigenvalue weighted by Gasteiger charge is -2.10. The van der Waals surface area contributed by atoms with Crippen molar-refractivity contribution in [1.29, 1.82) is 0 Å². The summed E-state index contributed by atoms with van der Waals surface area (Å²) in [4.78, 5) is 24.3. The number of halogens is 7. The van der Waals surface area contributed by atoms with Gasteiger partial charge in [-0.15, -0.1) is 0 Å². The fourth-order valence-electron chi connectivity index (χ4n) is 8.41. The van der Waals surface area contributed by atoms with Gasteiger partial charge in [0.1, 0.15) is 51.1 Å². The maximum Gasteiger partial charge on any atom is 0.437 e. The normalized spacial score (nSPS) is 11.2. The first-order chi connectivity index (χ1) is 38.9. The van der Waals surface area contributed by atoms with Crippen molar-refractivity contribution in [2.75, 3.05) is 20.0 Å². The van der Waals surface area contributed by atoms with Crippen LogP contribution in [0.4, 0.5) is 32.0 Å². The van der Waals surface area contributed by atoms with E-state index in [4.69, 9.17) is 58.2 Å². The molecule has 438 valence electrons. The lowest BCUT2D eigenvalue weighted by molar-refractivity contribution is -0.142. The third-order valence-electron chi connectivity index (χ3n) is 11.3. The summed E-state index contributed by atoms with van der Waals surface area (Å²) in [7, 11) is 24.1. The zero-order valence-corrected chi connectivity index (χ0v) is 55.2. The summed E-state index contributed by atoms with van der Waals surface area (Å²) in [6.07, 6.45) is -6.58. The van der Waals surface area contributed by atoms with Gasteiger partial charge >= 0.3 is 12.4 Å². The lowest BCUT2D eigenvalue weighted by atomic mass is 9.99. The van der Waals surface area contributed by atoms with Gasteiger partial charge in [-0.05, 0) is 65.8 Å². The van der Waals surface area contributed by atoms with E-state index in [1.54, 1.807) is 101 Å². The number of aromatic nitrogens is 12. The number of H-pyrrole nitrogens is 2.